The number of nitrogens with one attached hydrogen (secondary N) is 1. The van der Waals surface area contributed by atoms with Gasteiger partial charge in [-0.3, -0.25) is 19.1 Å². The Morgan fingerprint density at radius 3 is 2.53 bits per heavy atom. The van der Waals surface area contributed by atoms with Gasteiger partial charge in [-0.25, -0.2) is 9.78 Å². The normalized spacial score (nSPS) is 11.1. The van der Waals surface area contributed by atoms with Crippen LogP contribution < -0.4 is 22.4 Å². The Balaban J connectivity index is 2.29. The number of carbonyl (C=O) groups excluding carboxylic acids is 1. The van der Waals surface area contributed by atoms with E-state index in [1.54, 1.807) is 24.3 Å². The van der Waals surface area contributed by atoms with E-state index in [0.29, 0.717) is 20.6 Å². The first kappa shape index (κ1) is 22.0. The highest BCUT2D eigenvalue weighted by Crippen LogP contribution is 2.20. The number of nitrogens with two attached hydrogens (primary N) is 1. The van der Waals surface area contributed by atoms with Crippen LogP contribution in [0.15, 0.2) is 39.9 Å². The van der Waals surface area contributed by atoms with Crippen molar-refractivity contribution in [1.29, 1.82) is 0 Å². The highest BCUT2D eigenvalue weighted by Gasteiger charge is 2.25. The molecule has 0 spiro atoms. The number of pyridine rings is 1. The summed E-state index contributed by atoms with van der Waals surface area (Å²) >= 11 is 2.04. The summed E-state index contributed by atoms with van der Waals surface area (Å²) in [5, 5.41) is 0. The van der Waals surface area contributed by atoms with Crippen molar-refractivity contribution in [2.75, 3.05) is 5.73 Å². The Bertz CT molecular complexity index is 1220. The molecule has 30 heavy (non-hydrogen) atoms. The van der Waals surface area contributed by atoms with Crippen LogP contribution in [0.4, 0.5) is 5.82 Å². The van der Waals surface area contributed by atoms with Crippen molar-refractivity contribution in [2.24, 2.45) is 0 Å². The van der Waals surface area contributed by atoms with Gasteiger partial charge in [0.25, 0.3) is 5.56 Å². The second-order valence-corrected chi connectivity index (χ2v) is 8.80. The first-order valence-electron chi connectivity index (χ1n) is 9.48. The molecular formula is C21H22BIN4O3. The van der Waals surface area contributed by atoms with Crippen molar-refractivity contribution in [3.8, 4) is 0 Å². The van der Waals surface area contributed by atoms with Gasteiger partial charge in [0.1, 0.15) is 23.1 Å². The van der Waals surface area contributed by atoms with Gasteiger partial charge in [0.15, 0.2) is 0 Å². The largest absolute Gasteiger partial charge is 0.384 e. The molecule has 0 saturated heterocycles. The van der Waals surface area contributed by atoms with Crippen LogP contribution in [-0.2, 0) is 6.54 Å². The Hall–Kier alpha value is -2.69. The van der Waals surface area contributed by atoms with Crippen molar-refractivity contribution in [3.63, 3.8) is 0 Å². The van der Waals surface area contributed by atoms with Crippen LogP contribution in [0.25, 0.3) is 0 Å². The maximum absolute atomic E-state index is 13.6. The monoisotopic (exact) mass is 516 g/mol. The third kappa shape index (κ3) is 4.56. The molecule has 0 amide bonds. The highest BCUT2D eigenvalue weighted by molar-refractivity contribution is 14.1. The number of H-pyrrole nitrogens is 1. The Labute approximate surface area is 188 Å². The predicted octanol–water partition coefficient (Wildman–Crippen LogP) is 1.09. The van der Waals surface area contributed by atoms with Crippen molar-refractivity contribution in [3.05, 3.63) is 82.8 Å². The maximum atomic E-state index is 13.6. The molecule has 3 rings (SSSR count). The van der Waals surface area contributed by atoms with Crippen LogP contribution >= 0.6 is 22.6 Å². The summed E-state index contributed by atoms with van der Waals surface area (Å²) in [5.74, 6) is -0.292. The number of aryl methyl sites for hydroxylation is 1. The van der Waals surface area contributed by atoms with E-state index in [2.05, 4.69) is 9.97 Å². The quantitative estimate of drug-likeness (QED) is 0.229. The second-order valence-electron chi connectivity index (χ2n) is 7.69. The molecular weight excluding hydrogens is 494 g/mol. The van der Waals surface area contributed by atoms with Gasteiger partial charge < -0.3 is 5.73 Å². The summed E-state index contributed by atoms with van der Waals surface area (Å²) in [6, 6.07) is 8.94. The highest BCUT2D eigenvalue weighted by atomic mass is 127. The lowest BCUT2D eigenvalue weighted by Crippen LogP contribution is -2.38. The van der Waals surface area contributed by atoms with Crippen LogP contribution in [0, 0.1) is 10.6 Å². The topological polar surface area (TPSA) is 111 Å². The van der Waals surface area contributed by atoms with Crippen molar-refractivity contribution in [1.82, 2.24) is 14.5 Å². The molecule has 0 atom stereocenters. The molecule has 0 aliphatic rings. The van der Waals surface area contributed by atoms with E-state index in [-0.39, 0.29) is 29.5 Å². The van der Waals surface area contributed by atoms with Gasteiger partial charge in [-0.15, -0.1) is 0 Å². The molecule has 154 valence electrons. The summed E-state index contributed by atoms with van der Waals surface area (Å²) in [5.41, 5.74) is 8.08. The molecule has 3 N–H and O–H groups in total. The number of aromatic nitrogens is 3. The van der Waals surface area contributed by atoms with Gasteiger partial charge in [-0.1, -0.05) is 37.0 Å². The van der Waals surface area contributed by atoms with E-state index >= 15 is 0 Å². The SMILES string of the molecule is Bc1cc(C)cc(C(=O)c2c(C(C)C)c(=O)[nH]c(=O)n2Cc2cc(N)nc(I)c2)c1. The predicted molar refractivity (Wildman–Crippen MR) is 129 cm³/mol. The zero-order valence-corrected chi connectivity index (χ0v) is 19.4. The maximum Gasteiger partial charge on any atom is 0.329 e. The van der Waals surface area contributed by atoms with Gasteiger partial charge in [0.05, 0.1) is 6.54 Å². The number of aromatic amines is 1. The number of nitrogen functional groups attached to an aromatic ring is 1. The van der Waals surface area contributed by atoms with E-state index < -0.39 is 11.2 Å². The molecule has 0 unspecified atom stereocenters. The summed E-state index contributed by atoms with van der Waals surface area (Å²) < 4.78 is 1.99. The van der Waals surface area contributed by atoms with Crippen molar-refractivity contribution in [2.45, 2.75) is 33.2 Å². The van der Waals surface area contributed by atoms with Crippen LogP contribution in [-0.4, -0.2) is 28.2 Å². The summed E-state index contributed by atoms with van der Waals surface area (Å²) in [7, 11) is 1.90. The Morgan fingerprint density at radius 2 is 1.93 bits per heavy atom. The van der Waals surface area contributed by atoms with Crippen molar-refractivity contribution < 1.29 is 4.79 Å². The fourth-order valence-electron chi connectivity index (χ4n) is 3.61. The van der Waals surface area contributed by atoms with Gasteiger partial charge in [0.2, 0.25) is 5.78 Å². The zero-order chi connectivity index (χ0) is 22.2. The molecule has 2 aromatic heterocycles. The second kappa shape index (κ2) is 8.59. The van der Waals surface area contributed by atoms with Gasteiger partial charge in [-0.05, 0) is 59.2 Å². The fraction of sp³-hybridized carbons (Fsp3) is 0.238. The number of benzene rings is 1. The number of hydrogen-bond acceptors (Lipinski definition) is 5. The number of rotatable bonds is 5. The van der Waals surface area contributed by atoms with Crippen LogP contribution in [0.2, 0.25) is 0 Å². The average molecular weight is 516 g/mol. The first-order chi connectivity index (χ1) is 14.1. The minimum atomic E-state index is -0.637. The lowest BCUT2D eigenvalue weighted by molar-refractivity contribution is 0.102. The van der Waals surface area contributed by atoms with E-state index in [0.717, 1.165) is 11.0 Å². The molecule has 0 fully saturated rings. The number of nitrogens with zero attached hydrogens (tertiary/aromatic N) is 2. The Kier molecular flexibility index (Phi) is 6.30. The number of anilines is 1. The van der Waals surface area contributed by atoms with E-state index in [4.69, 9.17) is 5.73 Å². The third-order valence-electron chi connectivity index (χ3n) is 4.73. The van der Waals surface area contributed by atoms with E-state index in [9.17, 15) is 14.4 Å². The van der Waals surface area contributed by atoms with Gasteiger partial charge in [-0.2, -0.15) is 0 Å². The minimum Gasteiger partial charge on any atom is -0.384 e. The molecule has 0 aliphatic carbocycles. The molecule has 0 bridgehead atoms. The third-order valence-corrected chi connectivity index (χ3v) is 5.28. The summed E-state index contributed by atoms with van der Waals surface area (Å²) in [4.78, 5) is 45.5. The lowest BCUT2D eigenvalue weighted by Gasteiger charge is -2.18. The molecule has 0 saturated carbocycles. The molecule has 3 aromatic rings. The van der Waals surface area contributed by atoms with E-state index in [1.807, 2.05) is 57.3 Å². The summed E-state index contributed by atoms with van der Waals surface area (Å²) in [6.45, 7) is 5.64. The molecule has 9 heteroatoms. The molecule has 1 aromatic carbocycles. The summed E-state index contributed by atoms with van der Waals surface area (Å²) in [6.07, 6.45) is 0. The lowest BCUT2D eigenvalue weighted by atomic mass is 9.89. The minimum absolute atomic E-state index is 0.0872. The smallest absolute Gasteiger partial charge is 0.329 e. The van der Waals surface area contributed by atoms with Gasteiger partial charge in [0, 0.05) is 11.1 Å². The molecule has 0 radical (unpaired) electrons. The standard InChI is InChI=1S/C21H22BIN4O3/c1-10(2)17-18(19(28)13-4-11(3)5-14(22)8-13)27(21(30)26-20(17)29)9-12-6-15(23)25-16(24)7-12/h4-8,10H,9,22H2,1-3H3,(H2,24,25)(H,26,29,30). The van der Waals surface area contributed by atoms with Gasteiger partial charge >= 0.3 is 5.69 Å². The average Bonchev–Trinajstić information content (AvgIpc) is 2.61. The number of hydrogen-bond donors (Lipinski definition) is 2. The molecule has 7 nitrogen and oxygen atoms in total. The van der Waals surface area contributed by atoms with E-state index in [1.165, 1.54) is 4.57 Å². The number of carbonyl (C=O) groups is 1. The Morgan fingerprint density at radius 1 is 1.23 bits per heavy atom. The molecule has 0 aliphatic heterocycles. The van der Waals surface area contributed by atoms with Crippen LogP contribution in [0.3, 0.4) is 0 Å². The van der Waals surface area contributed by atoms with Crippen molar-refractivity contribution >= 4 is 47.5 Å². The zero-order valence-electron chi connectivity index (χ0n) is 17.2. The van der Waals surface area contributed by atoms with Crippen LogP contribution in [0.1, 0.15) is 52.5 Å². The van der Waals surface area contributed by atoms with Crippen LogP contribution in [0.5, 0.6) is 0 Å². The number of ketones is 1. The number of halogens is 1. The first-order valence-corrected chi connectivity index (χ1v) is 10.6. The molecule has 2 heterocycles. The fourth-order valence-corrected chi connectivity index (χ4v) is 4.29.